The molecule has 3 rings (SSSR count). The van der Waals surface area contributed by atoms with Gasteiger partial charge in [-0.15, -0.1) is 0 Å². The maximum absolute atomic E-state index is 13.7. The number of aliphatic hydroxyl groups is 1. The molecule has 2 fully saturated rings. The summed E-state index contributed by atoms with van der Waals surface area (Å²) in [5.74, 6) is -0.576. The van der Waals surface area contributed by atoms with Crippen molar-refractivity contribution >= 4 is 0 Å². The molecule has 5 heteroatoms. The first-order valence-corrected chi connectivity index (χ1v) is 6.38. The Labute approximate surface area is 110 Å². The van der Waals surface area contributed by atoms with Gasteiger partial charge in [-0.25, -0.2) is 4.39 Å². The molecule has 0 aliphatic carbocycles. The molecule has 1 aromatic carbocycles. The molecule has 0 radical (unpaired) electrons. The molecule has 2 heterocycles. The highest BCUT2D eigenvalue weighted by Crippen LogP contribution is 2.38. The van der Waals surface area contributed by atoms with Crippen molar-refractivity contribution in [3.05, 3.63) is 35.1 Å². The molecule has 2 aliphatic rings. The van der Waals surface area contributed by atoms with Crippen molar-refractivity contribution in [2.24, 2.45) is 0 Å². The Hall–Kier alpha value is -1.48. The van der Waals surface area contributed by atoms with Crippen LogP contribution >= 0.6 is 0 Å². The fourth-order valence-electron chi connectivity index (χ4n) is 3.16. The van der Waals surface area contributed by atoms with Crippen LogP contribution in [0.1, 0.15) is 24.0 Å². The van der Waals surface area contributed by atoms with Gasteiger partial charge in [0.25, 0.3) is 0 Å². The lowest BCUT2D eigenvalue weighted by Gasteiger charge is -2.45. The second kappa shape index (κ2) is 4.57. The number of nitriles is 1. The minimum atomic E-state index is -1.16. The Morgan fingerprint density at radius 1 is 1.37 bits per heavy atom. The fraction of sp³-hybridized carbons (Fsp3) is 0.500. The lowest BCUT2D eigenvalue weighted by molar-refractivity contribution is -0.0804. The van der Waals surface area contributed by atoms with E-state index >= 15 is 0 Å². The number of rotatable bonds is 1. The third kappa shape index (κ3) is 2.12. The van der Waals surface area contributed by atoms with E-state index in [2.05, 4.69) is 5.32 Å². The van der Waals surface area contributed by atoms with Crippen LogP contribution < -0.4 is 5.32 Å². The van der Waals surface area contributed by atoms with Crippen LogP contribution in [0.25, 0.3) is 0 Å². The summed E-state index contributed by atoms with van der Waals surface area (Å²) in [5.41, 5.74) is -0.809. The summed E-state index contributed by atoms with van der Waals surface area (Å²) in [7, 11) is 0. The van der Waals surface area contributed by atoms with Gasteiger partial charge in [0.2, 0.25) is 0 Å². The highest BCUT2D eigenvalue weighted by Gasteiger charge is 2.43. The second-order valence-electron chi connectivity index (χ2n) is 5.31. The Morgan fingerprint density at radius 2 is 2.05 bits per heavy atom. The molecular formula is C14H15FN2O2. The van der Waals surface area contributed by atoms with E-state index in [1.165, 1.54) is 12.1 Å². The number of hydrogen-bond acceptors (Lipinski definition) is 4. The van der Waals surface area contributed by atoms with Crippen molar-refractivity contribution in [1.82, 2.24) is 5.32 Å². The number of nitrogens with one attached hydrogen (secondary N) is 1. The minimum absolute atomic E-state index is 0.0484. The van der Waals surface area contributed by atoms with Crippen molar-refractivity contribution < 1.29 is 14.2 Å². The van der Waals surface area contributed by atoms with Gasteiger partial charge in [-0.05, 0) is 18.9 Å². The molecule has 100 valence electrons. The summed E-state index contributed by atoms with van der Waals surface area (Å²) >= 11 is 0. The van der Waals surface area contributed by atoms with E-state index in [1.807, 2.05) is 6.07 Å². The number of benzene rings is 1. The molecule has 2 aliphatic heterocycles. The highest BCUT2D eigenvalue weighted by atomic mass is 19.1. The van der Waals surface area contributed by atoms with Crippen LogP contribution in [0.15, 0.2) is 18.2 Å². The summed E-state index contributed by atoms with van der Waals surface area (Å²) < 4.78 is 19.1. The zero-order valence-corrected chi connectivity index (χ0v) is 10.4. The van der Waals surface area contributed by atoms with Gasteiger partial charge in [0.05, 0.1) is 24.4 Å². The molecule has 1 aromatic rings. The van der Waals surface area contributed by atoms with Crippen LogP contribution in [0, 0.1) is 17.1 Å². The van der Waals surface area contributed by atoms with Gasteiger partial charge in [0.15, 0.2) is 0 Å². The number of morpholine rings is 1. The van der Waals surface area contributed by atoms with E-state index in [4.69, 9.17) is 10.00 Å². The summed E-state index contributed by atoms with van der Waals surface area (Å²) in [6.07, 6.45) is 0.864. The van der Waals surface area contributed by atoms with Crippen molar-refractivity contribution in [1.29, 1.82) is 5.26 Å². The largest absolute Gasteiger partial charge is 0.385 e. The maximum Gasteiger partial charge on any atom is 0.141 e. The Bertz CT molecular complexity index is 529. The van der Waals surface area contributed by atoms with E-state index in [9.17, 15) is 9.50 Å². The number of fused-ring (bicyclic) bond motifs is 2. The van der Waals surface area contributed by atoms with Gasteiger partial charge in [0, 0.05) is 17.6 Å². The maximum atomic E-state index is 13.7. The second-order valence-corrected chi connectivity index (χ2v) is 5.31. The summed E-state index contributed by atoms with van der Waals surface area (Å²) in [4.78, 5) is 0. The first-order valence-electron chi connectivity index (χ1n) is 6.38. The van der Waals surface area contributed by atoms with E-state index in [0.29, 0.717) is 31.6 Å². The van der Waals surface area contributed by atoms with Gasteiger partial charge in [-0.2, -0.15) is 5.26 Å². The molecule has 0 aromatic heterocycles. The molecule has 0 spiro atoms. The average molecular weight is 262 g/mol. The van der Waals surface area contributed by atoms with Gasteiger partial charge in [-0.3, -0.25) is 0 Å². The summed E-state index contributed by atoms with van der Waals surface area (Å²) in [5, 5.41) is 23.3. The third-order valence-corrected chi connectivity index (χ3v) is 3.90. The summed E-state index contributed by atoms with van der Waals surface area (Å²) in [6.45, 7) is 1.08. The van der Waals surface area contributed by atoms with Crippen LogP contribution in [0.5, 0.6) is 0 Å². The Kier molecular flexibility index (Phi) is 3.02. The van der Waals surface area contributed by atoms with Crippen molar-refractivity contribution in [2.75, 3.05) is 13.2 Å². The first kappa shape index (κ1) is 12.5. The predicted molar refractivity (Wildman–Crippen MR) is 65.8 cm³/mol. The number of piperidine rings is 1. The molecule has 4 nitrogen and oxygen atoms in total. The van der Waals surface area contributed by atoms with E-state index in [-0.39, 0.29) is 17.6 Å². The quantitative estimate of drug-likeness (QED) is 0.793. The lowest BCUT2D eigenvalue weighted by Crippen LogP contribution is -2.58. The Morgan fingerprint density at radius 3 is 2.68 bits per heavy atom. The van der Waals surface area contributed by atoms with E-state index in [1.54, 1.807) is 6.07 Å². The molecule has 2 saturated heterocycles. The normalized spacial score (nSPS) is 33.7. The zero-order valence-electron chi connectivity index (χ0n) is 10.4. The van der Waals surface area contributed by atoms with Crippen LogP contribution in [-0.2, 0) is 10.3 Å². The monoisotopic (exact) mass is 262 g/mol. The van der Waals surface area contributed by atoms with Crippen molar-refractivity contribution in [3.8, 4) is 6.07 Å². The van der Waals surface area contributed by atoms with Crippen LogP contribution in [0.2, 0.25) is 0 Å². The van der Waals surface area contributed by atoms with Gasteiger partial charge < -0.3 is 15.2 Å². The fourth-order valence-corrected chi connectivity index (χ4v) is 3.16. The minimum Gasteiger partial charge on any atom is -0.385 e. The average Bonchev–Trinajstić information content (AvgIpc) is 2.37. The van der Waals surface area contributed by atoms with Crippen LogP contribution in [0.4, 0.5) is 4.39 Å². The molecule has 2 bridgehead atoms. The molecule has 0 amide bonds. The molecule has 2 unspecified atom stereocenters. The van der Waals surface area contributed by atoms with E-state index < -0.39 is 11.4 Å². The first-order chi connectivity index (χ1) is 9.12. The summed E-state index contributed by atoms with van der Waals surface area (Å²) in [6, 6.07) is 6.39. The standard InChI is InChI=1S/C14H15FN2O2/c15-13-3-1-2-12(11(13)6-16)14(18)4-9-7-19-8-10(5-14)17-9/h1-3,9-10,17-18H,4-5,7-8H2. The third-order valence-electron chi connectivity index (χ3n) is 3.90. The number of nitrogens with zero attached hydrogens (tertiary/aromatic N) is 1. The Balaban J connectivity index is 2.01. The molecule has 2 N–H and O–H groups in total. The number of halogens is 1. The van der Waals surface area contributed by atoms with E-state index in [0.717, 1.165) is 0 Å². The topological polar surface area (TPSA) is 65.3 Å². The van der Waals surface area contributed by atoms with Crippen LogP contribution in [-0.4, -0.2) is 30.4 Å². The van der Waals surface area contributed by atoms with Gasteiger partial charge in [-0.1, -0.05) is 12.1 Å². The number of hydrogen-bond donors (Lipinski definition) is 2. The van der Waals surface area contributed by atoms with Gasteiger partial charge in [0.1, 0.15) is 11.9 Å². The smallest absolute Gasteiger partial charge is 0.141 e. The van der Waals surface area contributed by atoms with Crippen molar-refractivity contribution in [3.63, 3.8) is 0 Å². The molecule has 0 saturated carbocycles. The molecular weight excluding hydrogens is 247 g/mol. The predicted octanol–water partition coefficient (Wildman–Crippen LogP) is 1.04. The zero-order chi connectivity index (χ0) is 13.5. The molecule has 19 heavy (non-hydrogen) atoms. The SMILES string of the molecule is N#Cc1c(F)cccc1C1(O)CC2COCC(C1)N2. The number of ether oxygens (including phenoxy) is 1. The lowest BCUT2D eigenvalue weighted by atomic mass is 9.76. The van der Waals surface area contributed by atoms with Crippen LogP contribution in [0.3, 0.4) is 0 Å². The molecule has 2 atom stereocenters. The van der Waals surface area contributed by atoms with Gasteiger partial charge >= 0.3 is 0 Å². The van der Waals surface area contributed by atoms with Crippen molar-refractivity contribution in [2.45, 2.75) is 30.5 Å². The highest BCUT2D eigenvalue weighted by molar-refractivity contribution is 5.43.